The van der Waals surface area contributed by atoms with Gasteiger partial charge in [0.15, 0.2) is 0 Å². The molecule has 0 amide bonds. The molecule has 14 heavy (non-hydrogen) atoms. The van der Waals surface area contributed by atoms with Gasteiger partial charge in [-0.2, -0.15) is 0 Å². The standard InChI is InChI=1S/C10H15NO3/c1-2-14-7-3-4-9(12)8(5-7)10(13)6-11/h3-5,10,12-13H,2,6,11H2,1H3. The molecule has 0 aromatic heterocycles. The van der Waals surface area contributed by atoms with Gasteiger partial charge in [-0.25, -0.2) is 0 Å². The number of aromatic hydroxyl groups is 1. The van der Waals surface area contributed by atoms with Crippen LogP contribution >= 0.6 is 0 Å². The molecule has 1 unspecified atom stereocenters. The highest BCUT2D eigenvalue weighted by Crippen LogP contribution is 2.27. The summed E-state index contributed by atoms with van der Waals surface area (Å²) in [7, 11) is 0. The first-order chi connectivity index (χ1) is 6.69. The second-order valence-electron chi connectivity index (χ2n) is 2.91. The highest BCUT2D eigenvalue weighted by Gasteiger charge is 2.11. The molecular weight excluding hydrogens is 182 g/mol. The largest absolute Gasteiger partial charge is 0.508 e. The lowest BCUT2D eigenvalue weighted by atomic mass is 10.1. The van der Waals surface area contributed by atoms with E-state index in [1.165, 1.54) is 6.07 Å². The molecule has 4 N–H and O–H groups in total. The Hall–Kier alpha value is -1.26. The van der Waals surface area contributed by atoms with E-state index in [-0.39, 0.29) is 12.3 Å². The molecule has 4 heteroatoms. The zero-order chi connectivity index (χ0) is 10.6. The lowest BCUT2D eigenvalue weighted by Crippen LogP contribution is -2.11. The summed E-state index contributed by atoms with van der Waals surface area (Å²) in [6.45, 7) is 2.48. The van der Waals surface area contributed by atoms with E-state index in [0.29, 0.717) is 17.9 Å². The van der Waals surface area contributed by atoms with Gasteiger partial charge in [-0.15, -0.1) is 0 Å². The molecule has 4 nitrogen and oxygen atoms in total. The van der Waals surface area contributed by atoms with Gasteiger partial charge in [0.05, 0.1) is 12.7 Å². The molecule has 1 aromatic carbocycles. The fourth-order valence-electron chi connectivity index (χ4n) is 1.18. The minimum absolute atomic E-state index is 0.0337. The summed E-state index contributed by atoms with van der Waals surface area (Å²) in [5.41, 5.74) is 5.70. The quantitative estimate of drug-likeness (QED) is 0.666. The van der Waals surface area contributed by atoms with Crippen LogP contribution in [0.3, 0.4) is 0 Å². The van der Waals surface area contributed by atoms with E-state index >= 15 is 0 Å². The SMILES string of the molecule is CCOc1ccc(O)c(C(O)CN)c1. The van der Waals surface area contributed by atoms with Gasteiger partial charge in [-0.3, -0.25) is 0 Å². The highest BCUT2D eigenvalue weighted by molar-refractivity contribution is 5.40. The molecule has 0 aliphatic heterocycles. The lowest BCUT2D eigenvalue weighted by molar-refractivity contribution is 0.182. The van der Waals surface area contributed by atoms with E-state index in [1.807, 2.05) is 6.92 Å². The summed E-state index contributed by atoms with van der Waals surface area (Å²) < 4.78 is 5.23. The summed E-state index contributed by atoms with van der Waals surface area (Å²) in [6, 6.07) is 4.72. The maximum atomic E-state index is 9.46. The number of hydrogen-bond acceptors (Lipinski definition) is 4. The predicted molar refractivity (Wildman–Crippen MR) is 53.3 cm³/mol. The summed E-state index contributed by atoms with van der Waals surface area (Å²) in [4.78, 5) is 0. The molecule has 78 valence electrons. The minimum Gasteiger partial charge on any atom is -0.508 e. The van der Waals surface area contributed by atoms with E-state index in [0.717, 1.165) is 0 Å². The van der Waals surface area contributed by atoms with Gasteiger partial charge in [0.2, 0.25) is 0 Å². The third-order valence-electron chi connectivity index (χ3n) is 1.89. The van der Waals surface area contributed by atoms with Crippen molar-refractivity contribution in [3.63, 3.8) is 0 Å². The van der Waals surface area contributed by atoms with Crippen molar-refractivity contribution in [1.82, 2.24) is 0 Å². The van der Waals surface area contributed by atoms with Crippen molar-refractivity contribution in [2.24, 2.45) is 5.73 Å². The van der Waals surface area contributed by atoms with E-state index in [1.54, 1.807) is 12.1 Å². The number of nitrogens with two attached hydrogens (primary N) is 1. The molecule has 0 aliphatic carbocycles. The number of phenolic OH excluding ortho intramolecular Hbond substituents is 1. The molecule has 0 radical (unpaired) electrons. The first-order valence-corrected chi connectivity index (χ1v) is 4.52. The number of phenols is 1. The molecule has 0 aliphatic rings. The first kappa shape index (κ1) is 10.8. The Kier molecular flexibility index (Phi) is 3.73. The van der Waals surface area contributed by atoms with Crippen molar-refractivity contribution in [3.05, 3.63) is 23.8 Å². The van der Waals surface area contributed by atoms with Gasteiger partial charge in [0.25, 0.3) is 0 Å². The number of aliphatic hydroxyl groups is 1. The van der Waals surface area contributed by atoms with Gasteiger partial charge in [-0.1, -0.05) is 0 Å². The van der Waals surface area contributed by atoms with Gasteiger partial charge >= 0.3 is 0 Å². The maximum absolute atomic E-state index is 9.46. The van der Waals surface area contributed by atoms with Crippen molar-refractivity contribution in [2.75, 3.05) is 13.2 Å². The molecule has 0 saturated carbocycles. The van der Waals surface area contributed by atoms with Crippen LogP contribution in [0.15, 0.2) is 18.2 Å². The Morgan fingerprint density at radius 1 is 1.50 bits per heavy atom. The zero-order valence-corrected chi connectivity index (χ0v) is 8.10. The van der Waals surface area contributed by atoms with E-state index in [2.05, 4.69) is 0 Å². The van der Waals surface area contributed by atoms with Crippen molar-refractivity contribution >= 4 is 0 Å². The van der Waals surface area contributed by atoms with Crippen LogP contribution in [0.1, 0.15) is 18.6 Å². The summed E-state index contributed by atoms with van der Waals surface area (Å²) >= 11 is 0. The molecule has 1 atom stereocenters. The van der Waals surface area contributed by atoms with Crippen molar-refractivity contribution in [2.45, 2.75) is 13.0 Å². The number of hydrogen-bond donors (Lipinski definition) is 3. The van der Waals surface area contributed by atoms with Crippen LogP contribution in [0.2, 0.25) is 0 Å². The number of rotatable bonds is 4. The minimum atomic E-state index is -0.851. The van der Waals surface area contributed by atoms with Gasteiger partial charge in [0, 0.05) is 12.1 Å². The summed E-state index contributed by atoms with van der Waals surface area (Å²) in [5.74, 6) is 0.652. The maximum Gasteiger partial charge on any atom is 0.121 e. The van der Waals surface area contributed by atoms with Crippen molar-refractivity contribution in [3.8, 4) is 11.5 Å². The smallest absolute Gasteiger partial charge is 0.121 e. The number of ether oxygens (including phenoxy) is 1. The molecular formula is C10H15NO3. The second kappa shape index (κ2) is 4.83. The van der Waals surface area contributed by atoms with Gasteiger partial charge < -0.3 is 20.7 Å². The molecule has 0 bridgehead atoms. The fourth-order valence-corrected chi connectivity index (χ4v) is 1.18. The van der Waals surface area contributed by atoms with E-state index < -0.39 is 6.10 Å². The number of benzene rings is 1. The Balaban J connectivity index is 2.95. The van der Waals surface area contributed by atoms with Gasteiger partial charge in [-0.05, 0) is 25.1 Å². The molecule has 0 saturated heterocycles. The summed E-state index contributed by atoms with van der Waals surface area (Å²) in [6.07, 6.45) is -0.851. The zero-order valence-electron chi connectivity index (χ0n) is 8.10. The average Bonchev–Trinajstić information content (AvgIpc) is 2.20. The molecule has 1 aromatic rings. The van der Waals surface area contributed by atoms with Crippen molar-refractivity contribution < 1.29 is 14.9 Å². The first-order valence-electron chi connectivity index (χ1n) is 4.52. The van der Waals surface area contributed by atoms with E-state index in [9.17, 15) is 10.2 Å². The number of aliphatic hydroxyl groups excluding tert-OH is 1. The van der Waals surface area contributed by atoms with Crippen LogP contribution in [-0.4, -0.2) is 23.4 Å². The lowest BCUT2D eigenvalue weighted by Gasteiger charge is -2.12. The molecule has 0 heterocycles. The highest BCUT2D eigenvalue weighted by atomic mass is 16.5. The average molecular weight is 197 g/mol. The molecule has 1 rings (SSSR count). The predicted octanol–water partition coefficient (Wildman–Crippen LogP) is 0.783. The van der Waals surface area contributed by atoms with Crippen LogP contribution in [0.5, 0.6) is 11.5 Å². The third-order valence-corrected chi connectivity index (χ3v) is 1.89. The summed E-state index contributed by atoms with van der Waals surface area (Å²) in [5, 5.41) is 18.9. The Morgan fingerprint density at radius 3 is 2.79 bits per heavy atom. The fraction of sp³-hybridized carbons (Fsp3) is 0.400. The van der Waals surface area contributed by atoms with Crippen LogP contribution in [-0.2, 0) is 0 Å². The Bertz CT molecular complexity index is 301. The van der Waals surface area contributed by atoms with Crippen LogP contribution in [0.25, 0.3) is 0 Å². The Labute approximate surface area is 82.9 Å². The Morgan fingerprint density at radius 2 is 2.21 bits per heavy atom. The second-order valence-corrected chi connectivity index (χ2v) is 2.91. The molecule has 0 fully saturated rings. The van der Waals surface area contributed by atoms with Crippen LogP contribution < -0.4 is 10.5 Å². The van der Waals surface area contributed by atoms with Gasteiger partial charge in [0.1, 0.15) is 11.5 Å². The molecule has 0 spiro atoms. The third kappa shape index (κ3) is 2.37. The topological polar surface area (TPSA) is 75.7 Å². The van der Waals surface area contributed by atoms with E-state index in [4.69, 9.17) is 10.5 Å². The van der Waals surface area contributed by atoms with Crippen molar-refractivity contribution in [1.29, 1.82) is 0 Å². The van der Waals surface area contributed by atoms with Crippen LogP contribution in [0.4, 0.5) is 0 Å². The van der Waals surface area contributed by atoms with Crippen LogP contribution in [0, 0.1) is 0 Å². The monoisotopic (exact) mass is 197 g/mol. The normalized spacial score (nSPS) is 12.5.